The Labute approximate surface area is 124 Å². The highest BCUT2D eigenvalue weighted by atomic mass is 16.7. The molecule has 3 N–H and O–H groups in total. The molecule has 0 amide bonds. The first-order valence-corrected chi connectivity index (χ1v) is 7.24. The van der Waals surface area contributed by atoms with Crippen molar-refractivity contribution in [1.29, 1.82) is 0 Å². The summed E-state index contributed by atoms with van der Waals surface area (Å²) >= 11 is 0. The van der Waals surface area contributed by atoms with Crippen LogP contribution in [0.5, 0.6) is 0 Å². The van der Waals surface area contributed by atoms with Crippen molar-refractivity contribution < 1.29 is 34.3 Å². The predicted molar refractivity (Wildman–Crippen MR) is 72.6 cm³/mol. The zero-order chi connectivity index (χ0) is 15.2. The second-order valence-electron chi connectivity index (χ2n) is 5.24. The van der Waals surface area contributed by atoms with Gasteiger partial charge in [-0.1, -0.05) is 6.08 Å². The zero-order valence-corrected chi connectivity index (χ0v) is 12.0. The minimum absolute atomic E-state index is 0.00629. The van der Waals surface area contributed by atoms with Crippen LogP contribution >= 0.6 is 0 Å². The van der Waals surface area contributed by atoms with Crippen LogP contribution in [0.1, 0.15) is 12.8 Å². The van der Waals surface area contributed by atoms with Gasteiger partial charge in [-0.25, -0.2) is 0 Å². The topological polar surface area (TPSA) is 101 Å². The average molecular weight is 304 g/mol. The van der Waals surface area contributed by atoms with Crippen molar-refractivity contribution in [3.8, 4) is 0 Å². The molecule has 0 bridgehead atoms. The van der Waals surface area contributed by atoms with Gasteiger partial charge in [-0.3, -0.25) is 0 Å². The standard InChI is InChI=1S/C14H24O7/c1-2-3-10-13(20-10)14(18-5-4-15)21-11-6-9(17)8-19-12(11)7-16/h2,9-17H,1,3-8H2/t9?,10?,11-,12?,13?,14+/m0/s1. The summed E-state index contributed by atoms with van der Waals surface area (Å²) in [6.45, 7) is 3.67. The van der Waals surface area contributed by atoms with Gasteiger partial charge in [0.25, 0.3) is 0 Å². The summed E-state index contributed by atoms with van der Waals surface area (Å²) in [5.74, 6) is 0. The van der Waals surface area contributed by atoms with Crippen molar-refractivity contribution in [3.05, 3.63) is 12.7 Å². The van der Waals surface area contributed by atoms with Gasteiger partial charge in [0.2, 0.25) is 0 Å². The maximum Gasteiger partial charge on any atom is 0.186 e. The molecule has 2 saturated heterocycles. The maximum atomic E-state index is 9.66. The molecular weight excluding hydrogens is 280 g/mol. The normalized spacial score (nSPS) is 37.2. The predicted octanol–water partition coefficient (Wildman–Crippen LogP) is -0.808. The van der Waals surface area contributed by atoms with Crippen LogP contribution in [0.3, 0.4) is 0 Å². The number of ether oxygens (including phenoxy) is 4. The van der Waals surface area contributed by atoms with Gasteiger partial charge in [-0.15, -0.1) is 6.58 Å². The minimum Gasteiger partial charge on any atom is -0.394 e. The highest BCUT2D eigenvalue weighted by Gasteiger charge is 2.47. The molecule has 0 radical (unpaired) electrons. The van der Waals surface area contributed by atoms with Gasteiger partial charge in [-0.2, -0.15) is 0 Å². The van der Waals surface area contributed by atoms with E-state index in [1.54, 1.807) is 6.08 Å². The number of rotatable bonds is 9. The number of hydrogen-bond donors (Lipinski definition) is 3. The van der Waals surface area contributed by atoms with Crippen LogP contribution in [0.4, 0.5) is 0 Å². The quantitative estimate of drug-likeness (QED) is 0.291. The van der Waals surface area contributed by atoms with Crippen LogP contribution < -0.4 is 0 Å². The summed E-state index contributed by atoms with van der Waals surface area (Å²) in [6, 6.07) is 0. The maximum absolute atomic E-state index is 9.66. The molecule has 7 heteroatoms. The van der Waals surface area contributed by atoms with E-state index in [9.17, 15) is 10.2 Å². The molecule has 21 heavy (non-hydrogen) atoms. The van der Waals surface area contributed by atoms with E-state index in [-0.39, 0.29) is 38.6 Å². The molecule has 2 heterocycles. The Kier molecular flexibility index (Phi) is 6.56. The lowest BCUT2D eigenvalue weighted by Crippen LogP contribution is -2.47. The second kappa shape index (κ2) is 8.19. The lowest BCUT2D eigenvalue weighted by atomic mass is 10.0. The van der Waals surface area contributed by atoms with Gasteiger partial charge in [0, 0.05) is 6.42 Å². The van der Waals surface area contributed by atoms with E-state index in [2.05, 4.69) is 6.58 Å². The highest BCUT2D eigenvalue weighted by Crippen LogP contribution is 2.33. The van der Waals surface area contributed by atoms with Crippen LogP contribution in [0, 0.1) is 0 Å². The molecule has 0 aromatic heterocycles. The molecule has 2 aliphatic heterocycles. The molecule has 4 unspecified atom stereocenters. The van der Waals surface area contributed by atoms with E-state index < -0.39 is 24.6 Å². The Hall–Kier alpha value is -0.540. The van der Waals surface area contributed by atoms with E-state index in [0.717, 1.165) is 0 Å². The third kappa shape index (κ3) is 4.72. The van der Waals surface area contributed by atoms with Crippen molar-refractivity contribution in [2.24, 2.45) is 0 Å². The molecule has 0 aromatic carbocycles. The van der Waals surface area contributed by atoms with Gasteiger partial charge in [0.05, 0.1) is 44.7 Å². The Morgan fingerprint density at radius 3 is 2.81 bits per heavy atom. The molecule has 0 saturated carbocycles. The summed E-state index contributed by atoms with van der Waals surface area (Å²) < 4.78 is 22.1. The van der Waals surface area contributed by atoms with Gasteiger partial charge < -0.3 is 34.3 Å². The highest BCUT2D eigenvalue weighted by molar-refractivity contribution is 4.93. The SMILES string of the molecule is C=CCC1OC1[C@H](OCCO)O[C@H]1CC(O)COC1CO. The lowest BCUT2D eigenvalue weighted by molar-refractivity contribution is -0.236. The minimum atomic E-state index is -0.657. The first-order chi connectivity index (χ1) is 10.2. The molecule has 2 fully saturated rings. The molecule has 6 atom stereocenters. The molecule has 0 spiro atoms. The van der Waals surface area contributed by atoms with Crippen molar-refractivity contribution in [1.82, 2.24) is 0 Å². The van der Waals surface area contributed by atoms with Crippen molar-refractivity contribution in [2.75, 3.05) is 26.4 Å². The summed E-state index contributed by atoms with van der Waals surface area (Å²) in [5, 5.41) is 27.9. The summed E-state index contributed by atoms with van der Waals surface area (Å²) in [5.41, 5.74) is 0. The van der Waals surface area contributed by atoms with Gasteiger partial charge in [0.1, 0.15) is 12.2 Å². The monoisotopic (exact) mass is 304 g/mol. The Balaban J connectivity index is 1.91. The second-order valence-corrected chi connectivity index (χ2v) is 5.24. The third-order valence-corrected chi connectivity index (χ3v) is 3.57. The number of epoxide rings is 1. The van der Waals surface area contributed by atoms with Gasteiger partial charge >= 0.3 is 0 Å². The van der Waals surface area contributed by atoms with Crippen LogP contribution in [-0.2, 0) is 18.9 Å². The molecular formula is C14H24O7. The first-order valence-electron chi connectivity index (χ1n) is 7.24. The van der Waals surface area contributed by atoms with Crippen LogP contribution in [0.15, 0.2) is 12.7 Å². The first kappa shape index (κ1) is 16.8. The lowest BCUT2D eigenvalue weighted by Gasteiger charge is -2.35. The van der Waals surface area contributed by atoms with Crippen molar-refractivity contribution in [2.45, 2.75) is 49.7 Å². The summed E-state index contributed by atoms with van der Waals surface area (Å²) in [4.78, 5) is 0. The molecule has 2 rings (SSSR count). The summed E-state index contributed by atoms with van der Waals surface area (Å²) in [7, 11) is 0. The molecule has 122 valence electrons. The van der Waals surface area contributed by atoms with Crippen molar-refractivity contribution >= 4 is 0 Å². The number of hydrogen-bond acceptors (Lipinski definition) is 7. The van der Waals surface area contributed by atoms with E-state index in [1.165, 1.54) is 0 Å². The third-order valence-electron chi connectivity index (χ3n) is 3.57. The molecule has 0 aliphatic carbocycles. The number of aliphatic hydroxyl groups is 3. The van der Waals surface area contributed by atoms with Crippen LogP contribution in [0.2, 0.25) is 0 Å². The Morgan fingerprint density at radius 2 is 2.14 bits per heavy atom. The molecule has 7 nitrogen and oxygen atoms in total. The average Bonchev–Trinajstić information content (AvgIpc) is 3.23. The zero-order valence-electron chi connectivity index (χ0n) is 12.0. The van der Waals surface area contributed by atoms with E-state index >= 15 is 0 Å². The Morgan fingerprint density at radius 1 is 1.33 bits per heavy atom. The van der Waals surface area contributed by atoms with Gasteiger partial charge in [0.15, 0.2) is 6.29 Å². The van der Waals surface area contributed by atoms with E-state index in [4.69, 9.17) is 24.1 Å². The molecule has 2 aliphatic rings. The molecule has 0 aromatic rings. The number of aliphatic hydroxyl groups excluding tert-OH is 3. The van der Waals surface area contributed by atoms with E-state index in [0.29, 0.717) is 12.8 Å². The van der Waals surface area contributed by atoms with Gasteiger partial charge in [-0.05, 0) is 6.42 Å². The van der Waals surface area contributed by atoms with Crippen LogP contribution in [-0.4, -0.2) is 78.6 Å². The van der Waals surface area contributed by atoms with E-state index in [1.807, 2.05) is 0 Å². The van der Waals surface area contributed by atoms with Crippen LogP contribution in [0.25, 0.3) is 0 Å². The summed E-state index contributed by atoms with van der Waals surface area (Å²) in [6.07, 6.45) is 0.332. The fraction of sp³-hybridized carbons (Fsp3) is 0.857. The fourth-order valence-electron chi connectivity index (χ4n) is 2.45. The fourth-order valence-corrected chi connectivity index (χ4v) is 2.45. The van der Waals surface area contributed by atoms with Crippen molar-refractivity contribution in [3.63, 3.8) is 0 Å². The smallest absolute Gasteiger partial charge is 0.186 e. The Bertz CT molecular complexity index is 324. The largest absolute Gasteiger partial charge is 0.394 e.